The molecule has 2 aromatic heterocycles. The van der Waals surface area contributed by atoms with Gasteiger partial charge in [0.1, 0.15) is 34.9 Å². The molecule has 65 heavy (non-hydrogen) atoms. The summed E-state index contributed by atoms with van der Waals surface area (Å²) < 4.78 is 6.15. The first-order valence-corrected chi connectivity index (χ1v) is 23.9. The van der Waals surface area contributed by atoms with Crippen molar-refractivity contribution in [2.24, 2.45) is 11.1 Å². The van der Waals surface area contributed by atoms with E-state index in [9.17, 15) is 19.2 Å². The lowest BCUT2D eigenvalue weighted by molar-refractivity contribution is -0.137. The van der Waals surface area contributed by atoms with E-state index in [1.165, 1.54) is 29.5 Å². The minimum Gasteiger partial charge on any atom is -0.487 e. The Morgan fingerprint density at radius 1 is 0.892 bits per heavy atom. The van der Waals surface area contributed by atoms with E-state index >= 15 is 0 Å². The molecule has 4 saturated heterocycles. The number of hydrogen-bond acceptors (Lipinski definition) is 14. The van der Waals surface area contributed by atoms with Crippen molar-refractivity contribution < 1.29 is 23.9 Å². The van der Waals surface area contributed by atoms with Crippen molar-refractivity contribution in [1.29, 1.82) is 0 Å². The molecule has 0 aliphatic carbocycles. The Morgan fingerprint density at radius 3 is 2.48 bits per heavy atom. The van der Waals surface area contributed by atoms with Crippen LogP contribution in [0.15, 0.2) is 76.9 Å². The molecule has 4 N–H and O–H groups in total. The monoisotopic (exact) mass is 901 g/mol. The average molecular weight is 902 g/mol. The van der Waals surface area contributed by atoms with Crippen molar-refractivity contribution in [3.63, 3.8) is 0 Å². The maximum absolute atomic E-state index is 13.2. The Labute approximate surface area is 384 Å². The minimum atomic E-state index is -0.675. The topological polar surface area (TPSA) is 192 Å². The zero-order valence-electron chi connectivity index (χ0n) is 37.2. The molecule has 5 aliphatic heterocycles. The molecule has 0 radical (unpaired) electrons. The van der Waals surface area contributed by atoms with Crippen LogP contribution < -0.4 is 30.9 Å². The SMILES string of the molecule is CC1(N)CCN(c2cnc(Sc3cccc(NC(=O)CCCCCCCN4CC5(CCN(c6ccc(COc7cccc8c7CN(C7CCC(=O)NC7=O)C8=O)nn6)C5)C4)c3)cn2)CC1. The Morgan fingerprint density at radius 2 is 1.69 bits per heavy atom. The van der Waals surface area contributed by atoms with Crippen molar-refractivity contribution in [1.82, 2.24) is 35.3 Å². The van der Waals surface area contributed by atoms with E-state index in [2.05, 4.69) is 52.4 Å². The first kappa shape index (κ1) is 44.5. The third-order valence-electron chi connectivity index (χ3n) is 13.6. The zero-order valence-corrected chi connectivity index (χ0v) is 38.0. The molecule has 9 rings (SSSR count). The Balaban J connectivity index is 0.631. The lowest BCUT2D eigenvalue weighted by Crippen LogP contribution is -2.57. The molecule has 5 aliphatic rings. The van der Waals surface area contributed by atoms with Gasteiger partial charge in [-0.2, -0.15) is 0 Å². The molecule has 4 fully saturated rings. The fourth-order valence-electron chi connectivity index (χ4n) is 9.80. The maximum atomic E-state index is 13.2. The van der Waals surface area contributed by atoms with E-state index in [1.54, 1.807) is 12.1 Å². The maximum Gasteiger partial charge on any atom is 0.255 e. The van der Waals surface area contributed by atoms with Gasteiger partial charge in [-0.25, -0.2) is 9.97 Å². The number of amides is 4. The number of ether oxygens (including phenoxy) is 1. The normalized spacial score (nSPS) is 20.2. The van der Waals surface area contributed by atoms with E-state index in [0.717, 1.165) is 117 Å². The third kappa shape index (κ3) is 10.7. The summed E-state index contributed by atoms with van der Waals surface area (Å²) in [6.45, 7) is 9.60. The van der Waals surface area contributed by atoms with Crippen LogP contribution in [-0.2, 0) is 27.5 Å². The second-order valence-electron chi connectivity index (χ2n) is 18.8. The molecular formula is C48H59N11O5S. The summed E-state index contributed by atoms with van der Waals surface area (Å²) in [6, 6.07) is 16.5. The van der Waals surface area contributed by atoms with Gasteiger partial charge in [0.05, 0.1) is 18.9 Å². The van der Waals surface area contributed by atoms with Crippen LogP contribution in [0.1, 0.15) is 99.2 Å². The molecule has 4 aromatic rings. The van der Waals surface area contributed by atoms with Gasteiger partial charge in [0.15, 0.2) is 5.82 Å². The summed E-state index contributed by atoms with van der Waals surface area (Å²) in [5.41, 5.74) is 9.22. The number of imide groups is 1. The van der Waals surface area contributed by atoms with E-state index in [-0.39, 0.29) is 42.8 Å². The lowest BCUT2D eigenvalue weighted by atomic mass is 9.79. The van der Waals surface area contributed by atoms with Crippen LogP contribution in [0.25, 0.3) is 0 Å². The van der Waals surface area contributed by atoms with Crippen LogP contribution in [0.2, 0.25) is 0 Å². The smallest absolute Gasteiger partial charge is 0.255 e. The number of benzene rings is 2. The molecular weight excluding hydrogens is 843 g/mol. The highest BCUT2D eigenvalue weighted by Crippen LogP contribution is 2.41. The van der Waals surface area contributed by atoms with Crippen LogP contribution in [0, 0.1) is 5.41 Å². The number of hydrogen-bond donors (Lipinski definition) is 3. The van der Waals surface area contributed by atoms with Gasteiger partial charge in [-0.1, -0.05) is 43.2 Å². The highest BCUT2D eigenvalue weighted by atomic mass is 32.2. The van der Waals surface area contributed by atoms with Crippen LogP contribution in [-0.4, -0.2) is 111 Å². The summed E-state index contributed by atoms with van der Waals surface area (Å²) in [7, 11) is 0. The molecule has 7 heterocycles. The van der Waals surface area contributed by atoms with Gasteiger partial charge in [-0.15, -0.1) is 10.2 Å². The molecule has 16 nitrogen and oxygen atoms in total. The molecule has 1 atom stereocenters. The number of nitrogens with zero attached hydrogens (tertiary/aromatic N) is 8. The Hall–Kier alpha value is -5.65. The number of unbranched alkanes of at least 4 members (excludes halogenated alkanes) is 4. The van der Waals surface area contributed by atoms with Crippen molar-refractivity contribution in [3.8, 4) is 5.75 Å². The van der Waals surface area contributed by atoms with E-state index in [0.29, 0.717) is 35.3 Å². The standard InChI is InChI=1S/C48H59N11O5S/c1-47(49)18-22-57(23-19-47)41-26-51-44(27-50-41)65-35-10-7-9-33(25-35)52-42(60)13-5-3-2-4-6-21-56-30-48(31-56)20-24-58(32-48)40-16-14-34(54-55-40)29-64-39-12-8-11-36-37(39)28-59(46(36)63)38-15-17-43(61)53-45(38)62/h7-12,14,16,25-27,38H,2-6,13,15,17-24,28-32,49H2,1H3,(H,52,60)(H,53,61,62). The van der Waals surface area contributed by atoms with Crippen molar-refractivity contribution in [2.45, 2.75) is 112 Å². The fraction of sp³-hybridized carbons (Fsp3) is 0.500. The van der Waals surface area contributed by atoms with E-state index in [4.69, 9.17) is 10.5 Å². The second kappa shape index (κ2) is 19.4. The number of piperidine rings is 2. The highest BCUT2D eigenvalue weighted by Gasteiger charge is 2.47. The first-order valence-electron chi connectivity index (χ1n) is 23.1. The predicted molar refractivity (Wildman–Crippen MR) is 248 cm³/mol. The van der Waals surface area contributed by atoms with Crippen LogP contribution in [0.5, 0.6) is 5.75 Å². The lowest BCUT2D eigenvalue weighted by Gasteiger charge is -2.48. The number of aromatic nitrogens is 4. The van der Waals surface area contributed by atoms with Gasteiger partial charge in [0.2, 0.25) is 17.7 Å². The number of anilines is 3. The zero-order chi connectivity index (χ0) is 45.0. The Bertz CT molecular complexity index is 2370. The Kier molecular flexibility index (Phi) is 13.3. The van der Waals surface area contributed by atoms with Crippen molar-refractivity contribution in [3.05, 3.63) is 83.8 Å². The molecule has 2 aromatic carbocycles. The molecule has 17 heteroatoms. The van der Waals surface area contributed by atoms with Gasteiger partial charge < -0.3 is 35.4 Å². The summed E-state index contributed by atoms with van der Waals surface area (Å²) in [5.74, 6) is 1.40. The minimum absolute atomic E-state index is 0.0483. The van der Waals surface area contributed by atoms with Crippen molar-refractivity contribution >= 4 is 52.7 Å². The number of rotatable bonds is 17. The number of carbonyl (C=O) groups excluding carboxylic acids is 4. The number of nitrogens with two attached hydrogens (primary N) is 1. The molecule has 0 bridgehead atoms. The van der Waals surface area contributed by atoms with Gasteiger partial charge in [-0.3, -0.25) is 24.5 Å². The number of carbonyl (C=O) groups is 4. The van der Waals surface area contributed by atoms with Gasteiger partial charge in [-0.05, 0) is 94.5 Å². The molecule has 1 unspecified atom stereocenters. The quantitative estimate of drug-likeness (QED) is 0.0881. The number of fused-ring (bicyclic) bond motifs is 1. The third-order valence-corrected chi connectivity index (χ3v) is 14.5. The van der Waals surface area contributed by atoms with E-state index < -0.39 is 11.9 Å². The largest absolute Gasteiger partial charge is 0.487 e. The highest BCUT2D eigenvalue weighted by molar-refractivity contribution is 7.99. The summed E-state index contributed by atoms with van der Waals surface area (Å²) in [4.78, 5) is 69.0. The fourth-order valence-corrected chi connectivity index (χ4v) is 10.6. The van der Waals surface area contributed by atoms with Gasteiger partial charge in [0.25, 0.3) is 5.91 Å². The molecule has 1 spiro atoms. The summed E-state index contributed by atoms with van der Waals surface area (Å²) in [5, 5.41) is 15.3. The van der Waals surface area contributed by atoms with Crippen LogP contribution >= 0.6 is 11.8 Å². The predicted octanol–water partition coefficient (Wildman–Crippen LogP) is 5.57. The van der Waals surface area contributed by atoms with Gasteiger partial charge in [0, 0.05) is 84.8 Å². The van der Waals surface area contributed by atoms with Gasteiger partial charge >= 0.3 is 0 Å². The van der Waals surface area contributed by atoms with Crippen molar-refractivity contribution in [2.75, 3.05) is 60.9 Å². The summed E-state index contributed by atoms with van der Waals surface area (Å²) in [6.07, 6.45) is 13.1. The number of likely N-dealkylation sites (tertiary alicyclic amines) is 1. The summed E-state index contributed by atoms with van der Waals surface area (Å²) >= 11 is 1.54. The van der Waals surface area contributed by atoms with E-state index in [1.807, 2.05) is 54.9 Å². The first-order chi connectivity index (χ1) is 31.5. The molecule has 4 amide bonds. The molecule has 0 saturated carbocycles. The van der Waals surface area contributed by atoms with Crippen LogP contribution in [0.4, 0.5) is 17.3 Å². The number of nitrogens with one attached hydrogen (secondary N) is 2. The average Bonchev–Trinajstić information content (AvgIpc) is 3.88. The second-order valence-corrected chi connectivity index (χ2v) is 19.9. The van der Waals surface area contributed by atoms with Crippen LogP contribution in [0.3, 0.4) is 0 Å². The molecule has 342 valence electrons.